The lowest BCUT2D eigenvalue weighted by Gasteiger charge is -2.08. The number of hydrogen-bond donors (Lipinski definition) is 1. The normalized spacial score (nSPS) is 10.5. The van der Waals surface area contributed by atoms with Crippen LogP contribution in [0.2, 0.25) is 5.02 Å². The van der Waals surface area contributed by atoms with Crippen LogP contribution in [0.5, 0.6) is 11.5 Å². The maximum absolute atomic E-state index is 12.2. The minimum Gasteiger partial charge on any atom is -0.493 e. The van der Waals surface area contributed by atoms with E-state index in [0.29, 0.717) is 23.1 Å². The predicted molar refractivity (Wildman–Crippen MR) is 108 cm³/mol. The Hall–Kier alpha value is -2.57. The molecule has 0 aliphatic rings. The summed E-state index contributed by atoms with van der Waals surface area (Å²) < 4.78 is 10.6. The van der Waals surface area contributed by atoms with Crippen LogP contribution in [0.3, 0.4) is 0 Å². The summed E-state index contributed by atoms with van der Waals surface area (Å²) in [5, 5.41) is 6.30. The van der Waals surface area contributed by atoms with Gasteiger partial charge in [0.2, 0.25) is 5.91 Å². The van der Waals surface area contributed by atoms with Crippen LogP contribution in [0.1, 0.15) is 11.3 Å². The summed E-state index contributed by atoms with van der Waals surface area (Å²) in [7, 11) is 3.20. The molecule has 0 atom stereocenters. The highest BCUT2D eigenvalue weighted by Crippen LogP contribution is 2.33. The molecule has 0 unspecified atom stereocenters. The quantitative estimate of drug-likeness (QED) is 0.638. The van der Waals surface area contributed by atoms with Crippen molar-refractivity contribution >= 4 is 28.8 Å². The molecule has 3 rings (SSSR count). The Labute approximate surface area is 166 Å². The number of nitrogens with one attached hydrogen (secondary N) is 1. The van der Waals surface area contributed by atoms with E-state index in [1.165, 1.54) is 11.3 Å². The maximum atomic E-state index is 12.2. The fraction of sp³-hybridized carbons (Fsp3) is 0.200. The number of nitrogens with zero attached hydrogens (tertiary/aromatic N) is 1. The van der Waals surface area contributed by atoms with Crippen molar-refractivity contribution in [2.45, 2.75) is 13.0 Å². The van der Waals surface area contributed by atoms with Crippen molar-refractivity contribution in [2.75, 3.05) is 14.2 Å². The van der Waals surface area contributed by atoms with Gasteiger partial charge in [-0.3, -0.25) is 4.79 Å². The molecule has 1 N–H and O–H groups in total. The first-order chi connectivity index (χ1) is 13.1. The van der Waals surface area contributed by atoms with E-state index >= 15 is 0 Å². The van der Waals surface area contributed by atoms with Gasteiger partial charge in [-0.25, -0.2) is 4.98 Å². The standard InChI is InChI=1S/C20H19ClN2O3S/c1-25-17-8-5-14(9-18(17)26-2)20-23-16(12-27-20)10-19(24)22-11-13-3-6-15(21)7-4-13/h3-9,12H,10-11H2,1-2H3,(H,22,24). The molecule has 2 aromatic carbocycles. The largest absolute Gasteiger partial charge is 0.493 e. The number of methoxy groups -OCH3 is 2. The first-order valence-electron chi connectivity index (χ1n) is 8.27. The summed E-state index contributed by atoms with van der Waals surface area (Å²) >= 11 is 7.35. The summed E-state index contributed by atoms with van der Waals surface area (Å²) in [5.41, 5.74) is 2.65. The predicted octanol–water partition coefficient (Wildman–Crippen LogP) is 4.34. The Balaban J connectivity index is 1.62. The Bertz CT molecular complexity index is 925. The molecule has 0 radical (unpaired) electrons. The number of rotatable bonds is 7. The molecule has 0 bridgehead atoms. The van der Waals surface area contributed by atoms with Crippen LogP contribution in [0.15, 0.2) is 47.8 Å². The molecule has 5 nitrogen and oxygen atoms in total. The van der Waals surface area contributed by atoms with Crippen molar-refractivity contribution in [2.24, 2.45) is 0 Å². The Morgan fingerprint density at radius 3 is 2.56 bits per heavy atom. The number of aromatic nitrogens is 1. The number of halogens is 1. The van der Waals surface area contributed by atoms with E-state index in [4.69, 9.17) is 21.1 Å². The van der Waals surface area contributed by atoms with Gasteiger partial charge in [0.15, 0.2) is 11.5 Å². The third kappa shape index (κ3) is 4.99. The van der Waals surface area contributed by atoms with Crippen LogP contribution in [-0.2, 0) is 17.8 Å². The SMILES string of the molecule is COc1ccc(-c2nc(CC(=O)NCc3ccc(Cl)cc3)cs2)cc1OC. The van der Waals surface area contributed by atoms with E-state index in [1.807, 2.05) is 35.7 Å². The molecule has 0 spiro atoms. The fourth-order valence-corrected chi connectivity index (χ4v) is 3.46. The number of thiazole rings is 1. The number of carbonyl (C=O) groups excluding carboxylic acids is 1. The second-order valence-corrected chi connectivity index (χ2v) is 7.09. The van der Waals surface area contributed by atoms with E-state index in [-0.39, 0.29) is 12.3 Å². The van der Waals surface area contributed by atoms with Crippen LogP contribution >= 0.6 is 22.9 Å². The van der Waals surface area contributed by atoms with E-state index in [9.17, 15) is 4.79 Å². The molecular formula is C20H19ClN2O3S. The first-order valence-corrected chi connectivity index (χ1v) is 9.52. The summed E-state index contributed by atoms with van der Waals surface area (Å²) in [4.78, 5) is 16.7. The second kappa shape index (κ2) is 8.88. The van der Waals surface area contributed by atoms with E-state index in [2.05, 4.69) is 10.3 Å². The smallest absolute Gasteiger partial charge is 0.226 e. The van der Waals surface area contributed by atoms with Crippen LogP contribution < -0.4 is 14.8 Å². The maximum Gasteiger partial charge on any atom is 0.226 e. The average Bonchev–Trinajstić information content (AvgIpc) is 3.15. The molecule has 3 aromatic rings. The Morgan fingerprint density at radius 1 is 1.11 bits per heavy atom. The van der Waals surface area contributed by atoms with Crippen molar-refractivity contribution in [3.8, 4) is 22.1 Å². The highest BCUT2D eigenvalue weighted by Gasteiger charge is 2.11. The number of amides is 1. The van der Waals surface area contributed by atoms with Gasteiger partial charge in [0.1, 0.15) is 5.01 Å². The number of benzene rings is 2. The number of ether oxygens (including phenoxy) is 2. The molecule has 7 heteroatoms. The fourth-order valence-electron chi connectivity index (χ4n) is 2.52. The van der Waals surface area contributed by atoms with Crippen molar-refractivity contribution in [1.29, 1.82) is 0 Å². The van der Waals surface area contributed by atoms with E-state index in [0.717, 1.165) is 21.8 Å². The van der Waals surface area contributed by atoms with Crippen molar-refractivity contribution in [1.82, 2.24) is 10.3 Å². The third-order valence-electron chi connectivity index (χ3n) is 3.93. The van der Waals surface area contributed by atoms with Crippen LogP contribution in [0, 0.1) is 0 Å². The third-order valence-corrected chi connectivity index (χ3v) is 5.12. The molecule has 27 heavy (non-hydrogen) atoms. The van der Waals surface area contributed by atoms with Crippen LogP contribution in [-0.4, -0.2) is 25.1 Å². The minimum absolute atomic E-state index is 0.0749. The average molecular weight is 403 g/mol. The second-order valence-electron chi connectivity index (χ2n) is 5.79. The van der Waals surface area contributed by atoms with Gasteiger partial charge in [-0.2, -0.15) is 0 Å². The highest BCUT2D eigenvalue weighted by molar-refractivity contribution is 7.13. The van der Waals surface area contributed by atoms with Crippen molar-refractivity contribution in [3.63, 3.8) is 0 Å². The zero-order valence-corrected chi connectivity index (χ0v) is 16.6. The first kappa shape index (κ1) is 19.2. The van der Waals surface area contributed by atoms with Crippen LogP contribution in [0.4, 0.5) is 0 Å². The topological polar surface area (TPSA) is 60.5 Å². The van der Waals surface area contributed by atoms with Gasteiger partial charge < -0.3 is 14.8 Å². The van der Waals surface area contributed by atoms with Gasteiger partial charge in [0.25, 0.3) is 0 Å². The molecule has 0 fully saturated rings. The molecule has 1 amide bonds. The van der Waals surface area contributed by atoms with Gasteiger partial charge in [-0.05, 0) is 35.9 Å². The molecule has 0 aliphatic carbocycles. The van der Waals surface area contributed by atoms with Crippen molar-refractivity contribution in [3.05, 3.63) is 64.1 Å². The summed E-state index contributed by atoms with van der Waals surface area (Å²) in [6.07, 6.45) is 0.234. The molecule has 1 aromatic heterocycles. The van der Waals surface area contributed by atoms with Gasteiger partial charge in [0, 0.05) is 22.5 Å². The monoisotopic (exact) mass is 402 g/mol. The highest BCUT2D eigenvalue weighted by atomic mass is 35.5. The number of carbonyl (C=O) groups is 1. The molecule has 140 valence electrons. The zero-order valence-electron chi connectivity index (χ0n) is 15.0. The van der Waals surface area contributed by atoms with Gasteiger partial charge >= 0.3 is 0 Å². The van der Waals surface area contributed by atoms with Crippen LogP contribution in [0.25, 0.3) is 10.6 Å². The van der Waals surface area contributed by atoms with Gasteiger partial charge in [0.05, 0.1) is 26.3 Å². The molecular weight excluding hydrogens is 384 g/mol. The van der Waals surface area contributed by atoms with Crippen molar-refractivity contribution < 1.29 is 14.3 Å². The summed E-state index contributed by atoms with van der Waals surface area (Å²) in [6, 6.07) is 13.0. The lowest BCUT2D eigenvalue weighted by atomic mass is 10.2. The van der Waals surface area contributed by atoms with Gasteiger partial charge in [-0.1, -0.05) is 23.7 Å². The number of hydrogen-bond acceptors (Lipinski definition) is 5. The Morgan fingerprint density at radius 2 is 1.85 bits per heavy atom. The summed E-state index contributed by atoms with van der Waals surface area (Å²) in [6.45, 7) is 0.461. The van der Waals surface area contributed by atoms with E-state index in [1.54, 1.807) is 26.4 Å². The molecule has 0 aliphatic heterocycles. The zero-order chi connectivity index (χ0) is 19.2. The van der Waals surface area contributed by atoms with E-state index < -0.39 is 0 Å². The molecule has 1 heterocycles. The minimum atomic E-state index is -0.0749. The summed E-state index contributed by atoms with van der Waals surface area (Å²) in [5.74, 6) is 1.24. The molecule has 0 saturated heterocycles. The van der Waals surface area contributed by atoms with Gasteiger partial charge in [-0.15, -0.1) is 11.3 Å². The molecule has 0 saturated carbocycles. The lowest BCUT2D eigenvalue weighted by molar-refractivity contribution is -0.120. The Kier molecular flexibility index (Phi) is 6.32. The lowest BCUT2D eigenvalue weighted by Crippen LogP contribution is -2.24.